The Balaban J connectivity index is 2.85. The third kappa shape index (κ3) is 2.19. The van der Waals surface area contributed by atoms with Gasteiger partial charge in [0.1, 0.15) is 6.04 Å². The summed E-state index contributed by atoms with van der Waals surface area (Å²) in [5.74, 6) is -0.146. The van der Waals surface area contributed by atoms with Crippen molar-refractivity contribution < 1.29 is 9.53 Å². The molecule has 0 radical (unpaired) electrons. The zero-order valence-electron chi connectivity index (χ0n) is 10.6. The van der Waals surface area contributed by atoms with Gasteiger partial charge in [-0.05, 0) is 25.8 Å². The van der Waals surface area contributed by atoms with Crippen LogP contribution in [0.3, 0.4) is 0 Å². The molecule has 0 aromatic rings. The lowest BCUT2D eigenvalue weighted by Gasteiger charge is -2.29. The van der Waals surface area contributed by atoms with Crippen molar-refractivity contribution in [1.82, 2.24) is 4.90 Å². The van der Waals surface area contributed by atoms with E-state index in [-0.39, 0.29) is 18.1 Å². The Kier molecular flexibility index (Phi) is 4.30. The molecule has 0 fully saturated rings. The zero-order chi connectivity index (χ0) is 12.3. The molecule has 0 aromatic carbocycles. The van der Waals surface area contributed by atoms with E-state index in [0.29, 0.717) is 0 Å². The third-order valence-electron chi connectivity index (χ3n) is 3.49. The van der Waals surface area contributed by atoms with Crippen molar-refractivity contribution >= 4 is 5.97 Å². The van der Waals surface area contributed by atoms with E-state index in [1.54, 1.807) is 0 Å². The monoisotopic (exact) mass is 223 g/mol. The van der Waals surface area contributed by atoms with Crippen LogP contribution in [0.2, 0.25) is 0 Å². The quantitative estimate of drug-likeness (QED) is 0.684. The maximum Gasteiger partial charge on any atom is 0.323 e. The van der Waals surface area contributed by atoms with Crippen molar-refractivity contribution in [2.24, 2.45) is 0 Å². The highest BCUT2D eigenvalue weighted by molar-refractivity contribution is 5.76. The molecule has 0 saturated carbocycles. The highest BCUT2D eigenvalue weighted by atomic mass is 16.5. The van der Waals surface area contributed by atoms with E-state index in [1.165, 1.54) is 18.3 Å². The fourth-order valence-corrected chi connectivity index (χ4v) is 2.25. The predicted octanol–water partition coefficient (Wildman–Crippen LogP) is 2.14. The Morgan fingerprint density at radius 2 is 2.38 bits per heavy atom. The van der Waals surface area contributed by atoms with Crippen molar-refractivity contribution in [3.05, 3.63) is 23.8 Å². The minimum Gasteiger partial charge on any atom is -0.468 e. The van der Waals surface area contributed by atoms with Crippen LogP contribution in [0.1, 0.15) is 27.2 Å². The molecule has 3 heteroatoms. The minimum absolute atomic E-state index is 0.146. The molecule has 1 rings (SSSR count). The summed E-state index contributed by atoms with van der Waals surface area (Å²) >= 11 is 0. The fourth-order valence-electron chi connectivity index (χ4n) is 2.25. The normalized spacial score (nSPS) is 23.4. The van der Waals surface area contributed by atoms with Gasteiger partial charge in [-0.25, -0.2) is 0 Å². The van der Waals surface area contributed by atoms with Crippen molar-refractivity contribution in [1.29, 1.82) is 0 Å². The van der Waals surface area contributed by atoms with E-state index in [0.717, 1.165) is 13.0 Å². The molecule has 0 bridgehead atoms. The van der Waals surface area contributed by atoms with E-state index < -0.39 is 0 Å². The Bertz CT molecular complexity index is 320. The van der Waals surface area contributed by atoms with Gasteiger partial charge in [0.2, 0.25) is 0 Å². The Labute approximate surface area is 97.8 Å². The van der Waals surface area contributed by atoms with Crippen molar-refractivity contribution in [2.75, 3.05) is 13.7 Å². The van der Waals surface area contributed by atoms with Gasteiger partial charge in [0, 0.05) is 12.6 Å². The first kappa shape index (κ1) is 13.0. The Morgan fingerprint density at radius 1 is 1.75 bits per heavy atom. The van der Waals surface area contributed by atoms with Gasteiger partial charge in [0.25, 0.3) is 0 Å². The van der Waals surface area contributed by atoms with Gasteiger partial charge >= 0.3 is 5.97 Å². The van der Waals surface area contributed by atoms with Crippen LogP contribution in [0.4, 0.5) is 0 Å². The second kappa shape index (κ2) is 5.30. The molecule has 1 heterocycles. The number of methoxy groups -OCH3 is 1. The first-order valence-corrected chi connectivity index (χ1v) is 5.72. The van der Waals surface area contributed by atoms with E-state index >= 15 is 0 Å². The van der Waals surface area contributed by atoms with Gasteiger partial charge in [-0.2, -0.15) is 0 Å². The van der Waals surface area contributed by atoms with Crippen LogP contribution in [-0.4, -0.2) is 36.6 Å². The van der Waals surface area contributed by atoms with Crippen molar-refractivity contribution in [2.45, 2.75) is 39.3 Å². The van der Waals surface area contributed by atoms with Gasteiger partial charge in [0.15, 0.2) is 0 Å². The number of hydrogen-bond acceptors (Lipinski definition) is 3. The molecule has 0 N–H and O–H groups in total. The first-order chi connectivity index (χ1) is 7.56. The van der Waals surface area contributed by atoms with Crippen LogP contribution in [0.15, 0.2) is 23.8 Å². The molecule has 90 valence electrons. The maximum atomic E-state index is 11.7. The van der Waals surface area contributed by atoms with Crippen molar-refractivity contribution in [3.63, 3.8) is 0 Å². The Hall–Kier alpha value is -1.09. The number of carbonyl (C=O) groups is 1. The summed E-state index contributed by atoms with van der Waals surface area (Å²) in [6.07, 6.45) is 2.66. The zero-order valence-corrected chi connectivity index (χ0v) is 10.6. The molecule has 0 aliphatic carbocycles. The van der Waals surface area contributed by atoms with E-state index in [9.17, 15) is 4.79 Å². The van der Waals surface area contributed by atoms with Crippen LogP contribution < -0.4 is 0 Å². The predicted molar refractivity (Wildman–Crippen MR) is 65.2 cm³/mol. The second-order valence-electron chi connectivity index (χ2n) is 4.21. The average molecular weight is 223 g/mol. The molecule has 1 aliphatic heterocycles. The highest BCUT2D eigenvalue weighted by Gasteiger charge is 2.34. The number of carbonyl (C=O) groups excluding carboxylic acids is 1. The van der Waals surface area contributed by atoms with Crippen molar-refractivity contribution in [3.8, 4) is 0 Å². The molecule has 1 aliphatic rings. The highest BCUT2D eigenvalue weighted by Crippen LogP contribution is 2.27. The van der Waals surface area contributed by atoms with E-state index in [4.69, 9.17) is 4.74 Å². The SMILES string of the molecule is C=CC1=C(C)[C@@H](C)N(C(CC)C(=O)OC)C1. The molecule has 2 atom stereocenters. The lowest BCUT2D eigenvalue weighted by molar-refractivity contribution is -0.147. The first-order valence-electron chi connectivity index (χ1n) is 5.72. The molecule has 0 spiro atoms. The van der Waals surface area contributed by atoms with Gasteiger partial charge in [-0.1, -0.05) is 25.2 Å². The summed E-state index contributed by atoms with van der Waals surface area (Å²) in [7, 11) is 1.44. The average Bonchev–Trinajstić information content (AvgIpc) is 2.58. The van der Waals surface area contributed by atoms with Gasteiger partial charge < -0.3 is 4.74 Å². The Morgan fingerprint density at radius 3 is 2.75 bits per heavy atom. The van der Waals surface area contributed by atoms with E-state index in [2.05, 4.69) is 25.3 Å². The number of ether oxygens (including phenoxy) is 1. The number of esters is 1. The largest absolute Gasteiger partial charge is 0.468 e. The summed E-state index contributed by atoms with van der Waals surface area (Å²) in [4.78, 5) is 13.8. The van der Waals surface area contributed by atoms with Crippen LogP contribution in [0.5, 0.6) is 0 Å². The third-order valence-corrected chi connectivity index (χ3v) is 3.49. The standard InChI is InChI=1S/C13H21NO2/c1-6-11-8-14(10(4)9(11)3)12(7-2)13(15)16-5/h6,10,12H,1,7-8H2,2-5H3/t10-,12?/m1/s1. The molecule has 1 unspecified atom stereocenters. The lowest BCUT2D eigenvalue weighted by atomic mass is 10.1. The van der Waals surface area contributed by atoms with Gasteiger partial charge in [-0.3, -0.25) is 9.69 Å². The topological polar surface area (TPSA) is 29.5 Å². The van der Waals surface area contributed by atoms with Crippen LogP contribution in [-0.2, 0) is 9.53 Å². The lowest BCUT2D eigenvalue weighted by Crippen LogP contribution is -2.44. The maximum absolute atomic E-state index is 11.7. The number of rotatable bonds is 4. The minimum atomic E-state index is -0.146. The fraction of sp³-hybridized carbons (Fsp3) is 0.615. The molecule has 0 amide bonds. The second-order valence-corrected chi connectivity index (χ2v) is 4.21. The summed E-state index contributed by atoms with van der Waals surface area (Å²) < 4.78 is 4.84. The molecule has 0 aromatic heterocycles. The molecule has 3 nitrogen and oxygen atoms in total. The molecule has 0 saturated heterocycles. The van der Waals surface area contributed by atoms with Gasteiger partial charge in [0.05, 0.1) is 7.11 Å². The number of nitrogens with zero attached hydrogens (tertiary/aromatic N) is 1. The molecular formula is C13H21NO2. The van der Waals surface area contributed by atoms with Crippen LogP contribution in [0, 0.1) is 0 Å². The smallest absolute Gasteiger partial charge is 0.323 e. The summed E-state index contributed by atoms with van der Waals surface area (Å²) in [5, 5.41) is 0. The summed E-state index contributed by atoms with van der Waals surface area (Å²) in [5.41, 5.74) is 2.53. The summed E-state index contributed by atoms with van der Waals surface area (Å²) in [6.45, 7) is 10.8. The molecular weight excluding hydrogens is 202 g/mol. The summed E-state index contributed by atoms with van der Waals surface area (Å²) in [6, 6.07) is 0.143. The van der Waals surface area contributed by atoms with Crippen LogP contribution >= 0.6 is 0 Å². The van der Waals surface area contributed by atoms with Crippen LogP contribution in [0.25, 0.3) is 0 Å². The number of hydrogen-bond donors (Lipinski definition) is 0. The van der Waals surface area contributed by atoms with Gasteiger partial charge in [-0.15, -0.1) is 0 Å². The van der Waals surface area contributed by atoms with E-state index in [1.807, 2.05) is 13.0 Å². The molecule has 16 heavy (non-hydrogen) atoms.